The summed E-state index contributed by atoms with van der Waals surface area (Å²) in [7, 11) is 0. The summed E-state index contributed by atoms with van der Waals surface area (Å²) in [5, 5.41) is 11.4. The van der Waals surface area contributed by atoms with Crippen LogP contribution in [0.5, 0.6) is 0 Å². The first-order valence-electron chi connectivity index (χ1n) is 9.70. The molecule has 162 valence electrons. The van der Waals surface area contributed by atoms with E-state index in [-0.39, 0.29) is 6.42 Å². The fraction of sp³-hybridized carbons (Fsp3) is 0.125. The van der Waals surface area contributed by atoms with Gasteiger partial charge in [-0.15, -0.1) is 11.8 Å². The second-order valence-electron chi connectivity index (χ2n) is 6.76. The summed E-state index contributed by atoms with van der Waals surface area (Å²) in [5.74, 6) is 5.00. The standard InChI is InChI=1S/C24H21ClN4O3/c1-2-3-6-22(29(24(26)31)20-14-10-18(25)11-15-20)23(30)27-19-12-8-17(9-13-19)21-7-4-5-16-28(21)32/h4-5,7-16,22,32H,6H2,1H3,(H2,26,31). The fourth-order valence-electron chi connectivity index (χ4n) is 3.12. The van der Waals surface area contributed by atoms with E-state index in [1.54, 1.807) is 73.7 Å². The number of halogens is 1. The summed E-state index contributed by atoms with van der Waals surface area (Å²) in [5.41, 5.74) is 7.74. The van der Waals surface area contributed by atoms with Gasteiger partial charge in [-0.05, 0) is 55.5 Å². The second-order valence-corrected chi connectivity index (χ2v) is 7.20. The molecule has 3 rings (SSSR count). The largest absolute Gasteiger partial charge is 0.351 e. The van der Waals surface area contributed by atoms with Gasteiger partial charge in [0.25, 0.3) is 5.91 Å². The Morgan fingerprint density at radius 2 is 1.84 bits per heavy atom. The summed E-state index contributed by atoms with van der Waals surface area (Å²) in [6.45, 7) is 1.64. The molecule has 1 atom stereocenters. The maximum atomic E-state index is 13.1. The predicted molar refractivity (Wildman–Crippen MR) is 125 cm³/mol. The van der Waals surface area contributed by atoms with Crippen LogP contribution in [0.25, 0.3) is 0 Å². The van der Waals surface area contributed by atoms with Crippen LogP contribution in [0.3, 0.4) is 0 Å². The molecule has 3 amide bonds. The van der Waals surface area contributed by atoms with Gasteiger partial charge in [-0.3, -0.25) is 14.9 Å². The molecular weight excluding hydrogens is 428 g/mol. The van der Waals surface area contributed by atoms with E-state index >= 15 is 0 Å². The summed E-state index contributed by atoms with van der Waals surface area (Å²) in [6, 6.07) is 4.61. The van der Waals surface area contributed by atoms with Gasteiger partial charge in [0.1, 0.15) is 6.04 Å². The minimum atomic E-state index is -1.01. The number of anilines is 1. The number of nitrogens with two attached hydrogens (primary N) is 1. The lowest BCUT2D eigenvalue weighted by molar-refractivity contribution is -0.118. The van der Waals surface area contributed by atoms with Crippen molar-refractivity contribution in [1.82, 2.24) is 5.06 Å². The zero-order valence-electron chi connectivity index (χ0n) is 17.3. The lowest BCUT2D eigenvalue weighted by Crippen LogP contribution is -2.47. The van der Waals surface area contributed by atoms with Crippen molar-refractivity contribution in [3.8, 4) is 11.8 Å². The number of amides is 3. The average Bonchev–Trinajstić information content (AvgIpc) is 2.78. The van der Waals surface area contributed by atoms with Crippen molar-refractivity contribution in [3.05, 3.63) is 89.3 Å². The van der Waals surface area contributed by atoms with Gasteiger partial charge in [0, 0.05) is 28.9 Å². The van der Waals surface area contributed by atoms with Crippen LogP contribution < -0.4 is 10.6 Å². The predicted octanol–water partition coefficient (Wildman–Crippen LogP) is 4.13. The van der Waals surface area contributed by atoms with E-state index in [0.29, 0.717) is 22.1 Å². The molecule has 0 saturated heterocycles. The highest BCUT2D eigenvalue weighted by Gasteiger charge is 2.29. The van der Waals surface area contributed by atoms with Crippen LogP contribution in [0.15, 0.2) is 89.3 Å². The Morgan fingerprint density at radius 1 is 1.16 bits per heavy atom. The number of rotatable bonds is 4. The molecule has 0 radical (unpaired) electrons. The highest BCUT2D eigenvalue weighted by Crippen LogP contribution is 2.23. The van der Waals surface area contributed by atoms with Crippen LogP contribution in [-0.2, 0) is 4.79 Å². The van der Waals surface area contributed by atoms with Crippen LogP contribution in [0, 0.1) is 11.8 Å². The van der Waals surface area contributed by atoms with E-state index in [0.717, 1.165) is 10.6 Å². The first kappa shape index (κ1) is 22.8. The number of nitrogens with zero attached hydrogens (tertiary/aromatic N) is 3. The van der Waals surface area contributed by atoms with E-state index in [1.165, 1.54) is 11.1 Å². The average molecular weight is 449 g/mol. The quantitative estimate of drug-likeness (QED) is 0.676. The number of carbonyl (C=O) groups excluding carboxylic acids is 2. The Kier molecular flexibility index (Phi) is 7.45. The van der Waals surface area contributed by atoms with Gasteiger partial charge in [0.2, 0.25) is 0 Å². The number of hydroxylamine groups is 2. The summed E-state index contributed by atoms with van der Waals surface area (Å²) in [4.78, 5) is 30.6. The molecule has 1 unspecified atom stereocenters. The highest BCUT2D eigenvalue weighted by atomic mass is 35.5. The third-order valence-electron chi connectivity index (χ3n) is 4.65. The molecule has 2 aliphatic rings. The molecule has 8 heteroatoms. The molecular formula is C24H21ClN4O3. The van der Waals surface area contributed by atoms with Crippen molar-refractivity contribution < 1.29 is 14.8 Å². The number of benzene rings is 1. The Morgan fingerprint density at radius 3 is 2.44 bits per heavy atom. The number of hydrogen-bond donors (Lipinski definition) is 2. The number of allylic oxidation sites excluding steroid dienone is 8. The molecule has 0 fully saturated rings. The summed E-state index contributed by atoms with van der Waals surface area (Å²) in [6.07, 6.45) is 13.6. The normalized spacial score (nSPS) is 15.3. The number of hydrogen-bond acceptors (Lipinski definition) is 4. The first-order valence-corrected chi connectivity index (χ1v) is 10.1. The van der Waals surface area contributed by atoms with Crippen molar-refractivity contribution in [2.75, 3.05) is 4.90 Å². The van der Waals surface area contributed by atoms with Gasteiger partial charge in [-0.25, -0.2) is 14.9 Å². The van der Waals surface area contributed by atoms with E-state index < -0.39 is 18.0 Å². The fourth-order valence-corrected chi connectivity index (χ4v) is 3.25. The molecule has 0 saturated carbocycles. The van der Waals surface area contributed by atoms with E-state index in [9.17, 15) is 14.8 Å². The Hall–Kier alpha value is -3.86. The number of carbonyl (C=O) groups is 2. The molecule has 1 aliphatic carbocycles. The zero-order chi connectivity index (χ0) is 23.1. The van der Waals surface area contributed by atoms with Gasteiger partial charge in [-0.2, -0.15) is 0 Å². The van der Waals surface area contributed by atoms with Gasteiger partial charge >= 0.3 is 6.03 Å². The van der Waals surface area contributed by atoms with Crippen molar-refractivity contribution in [2.45, 2.75) is 19.4 Å². The van der Waals surface area contributed by atoms with Gasteiger partial charge in [0.05, 0.1) is 11.4 Å². The van der Waals surface area contributed by atoms with Crippen LogP contribution in [0.4, 0.5) is 10.5 Å². The van der Waals surface area contributed by atoms with Crippen LogP contribution >= 0.6 is 11.6 Å². The molecule has 32 heavy (non-hydrogen) atoms. The minimum absolute atomic E-state index is 0.0665. The van der Waals surface area contributed by atoms with Crippen molar-refractivity contribution in [3.63, 3.8) is 0 Å². The lowest BCUT2D eigenvalue weighted by Gasteiger charge is -2.27. The van der Waals surface area contributed by atoms with E-state index in [1.807, 2.05) is 0 Å². The minimum Gasteiger partial charge on any atom is -0.351 e. The van der Waals surface area contributed by atoms with E-state index in [4.69, 9.17) is 17.3 Å². The molecule has 1 aromatic carbocycles. The third kappa shape index (κ3) is 5.43. The smallest absolute Gasteiger partial charge is 0.320 e. The van der Waals surface area contributed by atoms with Crippen molar-refractivity contribution in [2.24, 2.45) is 10.7 Å². The van der Waals surface area contributed by atoms with Crippen molar-refractivity contribution >= 4 is 34.9 Å². The topological polar surface area (TPSA) is 99.2 Å². The van der Waals surface area contributed by atoms with Crippen molar-refractivity contribution in [1.29, 1.82) is 0 Å². The maximum Gasteiger partial charge on any atom is 0.320 e. The third-order valence-corrected chi connectivity index (χ3v) is 4.90. The molecule has 1 aromatic rings. The first-order chi connectivity index (χ1) is 15.4. The second kappa shape index (κ2) is 10.4. The highest BCUT2D eigenvalue weighted by molar-refractivity contribution is 6.30. The monoisotopic (exact) mass is 448 g/mol. The van der Waals surface area contributed by atoms with Crippen LogP contribution in [0.1, 0.15) is 13.3 Å². The summed E-state index contributed by atoms with van der Waals surface area (Å²) >= 11 is 5.94. The molecule has 0 spiro atoms. The maximum absolute atomic E-state index is 13.1. The number of aliphatic imine (C=N–C) groups is 1. The summed E-state index contributed by atoms with van der Waals surface area (Å²) < 4.78 is 0. The molecule has 0 aromatic heterocycles. The van der Waals surface area contributed by atoms with Crippen LogP contribution in [-0.4, -0.2) is 34.0 Å². The molecule has 1 heterocycles. The molecule has 7 nitrogen and oxygen atoms in total. The number of urea groups is 1. The molecule has 0 bridgehead atoms. The Labute approximate surface area is 191 Å². The Bertz CT molecular complexity index is 1130. The molecule has 1 aliphatic heterocycles. The van der Waals surface area contributed by atoms with Gasteiger partial charge in [0.15, 0.2) is 0 Å². The van der Waals surface area contributed by atoms with Gasteiger partial charge < -0.3 is 5.73 Å². The molecule has 3 N–H and O–H groups in total. The zero-order valence-corrected chi connectivity index (χ0v) is 18.0. The lowest BCUT2D eigenvalue weighted by atomic mass is 10.0. The number of primary amides is 1. The van der Waals surface area contributed by atoms with E-state index in [2.05, 4.69) is 16.8 Å². The van der Waals surface area contributed by atoms with Crippen LogP contribution in [0.2, 0.25) is 5.02 Å². The Balaban J connectivity index is 1.88. The van der Waals surface area contributed by atoms with Gasteiger partial charge in [-0.1, -0.05) is 29.8 Å². The SMILES string of the molecule is CC#CCC(C(=O)N=C1C=CC(=C2C=CC=CN2O)C=C1)N(C(N)=O)c1ccc(Cl)cc1.